The van der Waals surface area contributed by atoms with Crippen LogP contribution in [0.25, 0.3) is 0 Å². The average molecular weight is 345 g/mol. The van der Waals surface area contributed by atoms with Gasteiger partial charge in [0.2, 0.25) is 0 Å². The number of rotatable bonds is 4. The van der Waals surface area contributed by atoms with Gasteiger partial charge in [-0.15, -0.1) is 0 Å². The Morgan fingerprint density at radius 3 is 2.33 bits per heavy atom. The van der Waals surface area contributed by atoms with Crippen molar-refractivity contribution in [3.8, 4) is 0 Å². The number of alkyl carbamates (subject to hydrolysis) is 1. The van der Waals surface area contributed by atoms with Crippen molar-refractivity contribution in [2.45, 2.75) is 71.3 Å². The molecule has 2 N–H and O–H groups in total. The van der Waals surface area contributed by atoms with Crippen LogP contribution in [-0.2, 0) is 23.8 Å². The number of hydrogen-bond acceptors (Lipinski definition) is 7. The van der Waals surface area contributed by atoms with Crippen molar-refractivity contribution in [2.75, 3.05) is 6.61 Å². The number of hydrogen-bond donors (Lipinski definition) is 2. The molecule has 24 heavy (non-hydrogen) atoms. The first-order chi connectivity index (χ1) is 11.0. The van der Waals surface area contributed by atoms with E-state index in [1.54, 1.807) is 27.7 Å². The van der Waals surface area contributed by atoms with Gasteiger partial charge in [0.05, 0.1) is 24.7 Å². The molecule has 1 fully saturated rings. The van der Waals surface area contributed by atoms with Gasteiger partial charge in [-0.1, -0.05) is 0 Å². The summed E-state index contributed by atoms with van der Waals surface area (Å²) in [5, 5.41) is 12.7. The number of nitrogens with one attached hydrogen (secondary N) is 1. The molecule has 1 amide bonds. The van der Waals surface area contributed by atoms with E-state index in [0.717, 1.165) is 0 Å². The molecule has 1 rings (SSSR count). The van der Waals surface area contributed by atoms with Gasteiger partial charge in [-0.3, -0.25) is 9.59 Å². The van der Waals surface area contributed by atoms with Gasteiger partial charge in [0.15, 0.2) is 0 Å². The molecular formula is C16H27NO7. The molecule has 4 atom stereocenters. The second kappa shape index (κ2) is 8.32. The SMILES string of the molecule is CCOC(=O)[C@@H]1CC[C@H](O)[C@H](OC(C)=O)[C@@H]1NC(=O)OC(C)(C)C. The molecule has 1 aliphatic carbocycles. The lowest BCUT2D eigenvalue weighted by Gasteiger charge is -2.39. The van der Waals surface area contributed by atoms with Crippen LogP contribution in [0.15, 0.2) is 0 Å². The highest BCUT2D eigenvalue weighted by Crippen LogP contribution is 2.29. The van der Waals surface area contributed by atoms with Gasteiger partial charge in [-0.25, -0.2) is 4.79 Å². The van der Waals surface area contributed by atoms with Crippen LogP contribution in [0, 0.1) is 5.92 Å². The zero-order chi connectivity index (χ0) is 18.5. The van der Waals surface area contributed by atoms with E-state index in [2.05, 4.69) is 5.32 Å². The summed E-state index contributed by atoms with van der Waals surface area (Å²) in [7, 11) is 0. The number of esters is 2. The minimum absolute atomic E-state index is 0.190. The third kappa shape index (κ3) is 5.99. The predicted molar refractivity (Wildman–Crippen MR) is 84.1 cm³/mol. The Bertz CT molecular complexity index is 472. The molecule has 0 saturated heterocycles. The van der Waals surface area contributed by atoms with Crippen LogP contribution in [0.5, 0.6) is 0 Å². The quantitative estimate of drug-likeness (QED) is 0.580. The first kappa shape index (κ1) is 20.2. The van der Waals surface area contributed by atoms with E-state index in [0.29, 0.717) is 6.42 Å². The fourth-order valence-electron chi connectivity index (χ4n) is 2.65. The lowest BCUT2D eigenvalue weighted by molar-refractivity contribution is -0.168. The van der Waals surface area contributed by atoms with Crippen molar-refractivity contribution in [1.82, 2.24) is 5.32 Å². The number of carbonyl (C=O) groups excluding carboxylic acids is 3. The van der Waals surface area contributed by atoms with Crippen LogP contribution < -0.4 is 5.32 Å². The topological polar surface area (TPSA) is 111 Å². The summed E-state index contributed by atoms with van der Waals surface area (Å²) in [6.45, 7) is 8.17. The van der Waals surface area contributed by atoms with Gasteiger partial charge in [-0.05, 0) is 40.5 Å². The number of amides is 1. The van der Waals surface area contributed by atoms with Crippen LogP contribution >= 0.6 is 0 Å². The maximum Gasteiger partial charge on any atom is 0.408 e. The molecular weight excluding hydrogens is 318 g/mol. The highest BCUT2D eigenvalue weighted by Gasteiger charge is 2.46. The lowest BCUT2D eigenvalue weighted by atomic mass is 9.80. The average Bonchev–Trinajstić information content (AvgIpc) is 2.40. The van der Waals surface area contributed by atoms with Crippen LogP contribution in [0.1, 0.15) is 47.5 Å². The molecule has 0 aliphatic heterocycles. The summed E-state index contributed by atoms with van der Waals surface area (Å²) in [6.07, 6.45) is -2.22. The monoisotopic (exact) mass is 345 g/mol. The minimum Gasteiger partial charge on any atom is -0.466 e. The summed E-state index contributed by atoms with van der Waals surface area (Å²) in [5.74, 6) is -1.85. The second-order valence-corrected chi connectivity index (χ2v) is 6.75. The van der Waals surface area contributed by atoms with E-state index in [-0.39, 0.29) is 13.0 Å². The standard InChI is InChI=1S/C16H27NO7/c1-6-22-14(20)10-7-8-11(19)13(23-9(2)18)12(10)17-15(21)24-16(3,4)5/h10-13,19H,6-8H2,1-5H3,(H,17,21)/t10-,11+,12-,13+/m1/s1. The van der Waals surface area contributed by atoms with Crippen LogP contribution in [0.3, 0.4) is 0 Å². The zero-order valence-corrected chi connectivity index (χ0v) is 14.8. The van der Waals surface area contributed by atoms with Crippen molar-refractivity contribution < 1.29 is 33.7 Å². The van der Waals surface area contributed by atoms with Crippen molar-refractivity contribution >= 4 is 18.0 Å². The van der Waals surface area contributed by atoms with E-state index >= 15 is 0 Å². The Labute approximate surface area is 141 Å². The molecule has 0 spiro atoms. The Kier molecular flexibility index (Phi) is 7.01. The van der Waals surface area contributed by atoms with Gasteiger partial charge in [0, 0.05) is 6.92 Å². The molecule has 1 saturated carbocycles. The number of ether oxygens (including phenoxy) is 3. The molecule has 0 aromatic heterocycles. The molecule has 0 radical (unpaired) electrons. The molecule has 0 heterocycles. The summed E-state index contributed by atoms with van der Waals surface area (Å²) in [5.41, 5.74) is -0.728. The first-order valence-corrected chi connectivity index (χ1v) is 8.06. The maximum atomic E-state index is 12.2. The Hall–Kier alpha value is -1.83. The highest BCUT2D eigenvalue weighted by molar-refractivity contribution is 5.76. The fraction of sp³-hybridized carbons (Fsp3) is 0.812. The van der Waals surface area contributed by atoms with Crippen LogP contribution in [0.4, 0.5) is 4.79 Å². The predicted octanol–water partition coefficient (Wildman–Crippen LogP) is 1.15. The molecule has 1 aliphatic rings. The van der Waals surface area contributed by atoms with Gasteiger partial charge < -0.3 is 24.6 Å². The van der Waals surface area contributed by atoms with E-state index in [1.807, 2.05) is 0 Å². The zero-order valence-electron chi connectivity index (χ0n) is 14.8. The smallest absolute Gasteiger partial charge is 0.408 e. The summed E-state index contributed by atoms with van der Waals surface area (Å²) in [4.78, 5) is 35.6. The number of aliphatic hydroxyl groups excluding tert-OH is 1. The molecule has 0 unspecified atom stereocenters. The first-order valence-electron chi connectivity index (χ1n) is 8.06. The summed E-state index contributed by atoms with van der Waals surface area (Å²) >= 11 is 0. The normalized spacial score (nSPS) is 27.1. The van der Waals surface area contributed by atoms with Crippen LogP contribution in [-0.4, -0.2) is 53.6 Å². The van der Waals surface area contributed by atoms with Crippen LogP contribution in [0.2, 0.25) is 0 Å². The van der Waals surface area contributed by atoms with Gasteiger partial charge >= 0.3 is 18.0 Å². The summed E-state index contributed by atoms with van der Waals surface area (Å²) in [6, 6.07) is -0.924. The molecule has 8 heteroatoms. The van der Waals surface area contributed by atoms with E-state index in [4.69, 9.17) is 14.2 Å². The Balaban J connectivity index is 2.99. The fourth-order valence-corrected chi connectivity index (χ4v) is 2.65. The van der Waals surface area contributed by atoms with Crippen molar-refractivity contribution in [3.63, 3.8) is 0 Å². The molecule has 0 aromatic carbocycles. The van der Waals surface area contributed by atoms with Crippen molar-refractivity contribution in [3.05, 3.63) is 0 Å². The molecule has 8 nitrogen and oxygen atoms in total. The van der Waals surface area contributed by atoms with Crippen molar-refractivity contribution in [1.29, 1.82) is 0 Å². The van der Waals surface area contributed by atoms with Crippen molar-refractivity contribution in [2.24, 2.45) is 5.92 Å². The number of carbonyl (C=O) groups is 3. The Morgan fingerprint density at radius 2 is 1.83 bits per heavy atom. The molecule has 0 bridgehead atoms. The summed E-state index contributed by atoms with van der Waals surface area (Å²) < 4.78 is 15.4. The minimum atomic E-state index is -1.04. The van der Waals surface area contributed by atoms with Gasteiger partial charge in [0.1, 0.15) is 11.7 Å². The number of aliphatic hydroxyl groups is 1. The third-order valence-corrected chi connectivity index (χ3v) is 3.51. The third-order valence-electron chi connectivity index (χ3n) is 3.51. The lowest BCUT2D eigenvalue weighted by Crippen LogP contribution is -2.59. The highest BCUT2D eigenvalue weighted by atomic mass is 16.6. The van der Waals surface area contributed by atoms with E-state index in [9.17, 15) is 19.5 Å². The Morgan fingerprint density at radius 1 is 1.21 bits per heavy atom. The van der Waals surface area contributed by atoms with E-state index < -0.39 is 47.8 Å². The second-order valence-electron chi connectivity index (χ2n) is 6.75. The molecule has 0 aromatic rings. The molecule has 138 valence electrons. The van der Waals surface area contributed by atoms with Gasteiger partial charge in [0.25, 0.3) is 0 Å². The maximum absolute atomic E-state index is 12.2. The van der Waals surface area contributed by atoms with E-state index in [1.165, 1.54) is 6.92 Å². The van der Waals surface area contributed by atoms with Gasteiger partial charge in [-0.2, -0.15) is 0 Å². The largest absolute Gasteiger partial charge is 0.466 e.